The topological polar surface area (TPSA) is 78.9 Å². The van der Waals surface area contributed by atoms with Crippen LogP contribution in [0.25, 0.3) is 0 Å². The molecule has 1 atom stereocenters. The molecule has 440 valence electrons. The Morgan fingerprint density at radius 2 is 0.526 bits per heavy atom. The number of unbranched alkanes of at least 4 members (excludes halogenated alkanes) is 37. The minimum absolute atomic E-state index is 0.0911. The summed E-state index contributed by atoms with van der Waals surface area (Å²) >= 11 is 0. The van der Waals surface area contributed by atoms with E-state index < -0.39 is 6.10 Å². The molecule has 0 heterocycles. The highest BCUT2D eigenvalue weighted by Crippen LogP contribution is 2.17. The first-order chi connectivity index (χ1) is 37.5. The zero-order valence-electron chi connectivity index (χ0n) is 50.5. The van der Waals surface area contributed by atoms with E-state index in [-0.39, 0.29) is 37.5 Å². The van der Waals surface area contributed by atoms with Gasteiger partial charge in [-0.1, -0.05) is 306 Å². The Kier molecular flexibility index (Phi) is 61.7. The van der Waals surface area contributed by atoms with Crippen LogP contribution < -0.4 is 0 Å². The lowest BCUT2D eigenvalue weighted by molar-refractivity contribution is -0.167. The molecule has 0 N–H and O–H groups in total. The van der Waals surface area contributed by atoms with E-state index >= 15 is 0 Å². The average Bonchev–Trinajstić information content (AvgIpc) is 3.42. The fourth-order valence-corrected chi connectivity index (χ4v) is 9.54. The summed E-state index contributed by atoms with van der Waals surface area (Å²) in [5.41, 5.74) is 0. The first-order valence-corrected chi connectivity index (χ1v) is 32.9. The molecule has 0 saturated heterocycles. The third-order valence-corrected chi connectivity index (χ3v) is 14.4. The normalized spacial score (nSPS) is 12.5. The van der Waals surface area contributed by atoms with Gasteiger partial charge in [0.25, 0.3) is 0 Å². The highest BCUT2D eigenvalue weighted by atomic mass is 16.6. The van der Waals surface area contributed by atoms with Crippen molar-refractivity contribution in [2.75, 3.05) is 13.2 Å². The first-order valence-electron chi connectivity index (χ1n) is 32.9. The summed E-state index contributed by atoms with van der Waals surface area (Å²) in [6.45, 7) is 6.53. The average molecular weight is 1060 g/mol. The van der Waals surface area contributed by atoms with Crippen molar-refractivity contribution in [1.82, 2.24) is 0 Å². The molecule has 76 heavy (non-hydrogen) atoms. The molecule has 0 aromatic carbocycles. The van der Waals surface area contributed by atoms with Gasteiger partial charge in [-0.15, -0.1) is 0 Å². The molecule has 0 aliphatic heterocycles. The van der Waals surface area contributed by atoms with E-state index in [0.29, 0.717) is 19.3 Å². The summed E-state index contributed by atoms with van der Waals surface area (Å²) in [6.07, 6.45) is 83.5. The highest BCUT2D eigenvalue weighted by molar-refractivity contribution is 5.71. The van der Waals surface area contributed by atoms with Crippen LogP contribution in [-0.4, -0.2) is 37.2 Å². The number of allylic oxidation sites excluding steroid dienone is 12. The van der Waals surface area contributed by atoms with Crippen LogP contribution in [0.1, 0.15) is 335 Å². The van der Waals surface area contributed by atoms with Crippen LogP contribution in [0.2, 0.25) is 0 Å². The van der Waals surface area contributed by atoms with Gasteiger partial charge in [0.05, 0.1) is 0 Å². The summed E-state index contributed by atoms with van der Waals surface area (Å²) < 4.78 is 16.9. The lowest BCUT2D eigenvalue weighted by Gasteiger charge is -2.18. The van der Waals surface area contributed by atoms with E-state index in [4.69, 9.17) is 14.2 Å². The fourth-order valence-electron chi connectivity index (χ4n) is 9.54. The maximum absolute atomic E-state index is 12.9. The number of carbonyl (C=O) groups is 3. The summed E-state index contributed by atoms with van der Waals surface area (Å²) in [5.74, 6) is -0.935. The van der Waals surface area contributed by atoms with E-state index in [2.05, 4.69) is 93.7 Å². The Labute approximate surface area is 472 Å². The van der Waals surface area contributed by atoms with Crippen LogP contribution in [0.4, 0.5) is 0 Å². The van der Waals surface area contributed by atoms with Crippen LogP contribution in [0, 0.1) is 0 Å². The van der Waals surface area contributed by atoms with E-state index in [1.165, 1.54) is 212 Å². The second kappa shape index (κ2) is 64.4. The van der Waals surface area contributed by atoms with E-state index in [0.717, 1.165) is 77.0 Å². The van der Waals surface area contributed by atoms with Crippen LogP contribution in [-0.2, 0) is 28.6 Å². The van der Waals surface area contributed by atoms with Gasteiger partial charge in [-0.2, -0.15) is 0 Å². The molecule has 0 amide bonds. The highest BCUT2D eigenvalue weighted by Gasteiger charge is 2.19. The number of carbonyl (C=O) groups excluding carboxylic acids is 3. The Morgan fingerprint density at radius 1 is 0.276 bits per heavy atom. The van der Waals surface area contributed by atoms with Crippen molar-refractivity contribution in [1.29, 1.82) is 0 Å². The quantitative estimate of drug-likeness (QED) is 0.0261. The van der Waals surface area contributed by atoms with Crippen molar-refractivity contribution < 1.29 is 28.6 Å². The van der Waals surface area contributed by atoms with Gasteiger partial charge in [0.15, 0.2) is 6.10 Å². The van der Waals surface area contributed by atoms with Crippen molar-refractivity contribution in [3.8, 4) is 0 Å². The van der Waals surface area contributed by atoms with Crippen molar-refractivity contribution in [2.24, 2.45) is 0 Å². The standard InChI is InChI=1S/C70H124O6/c1-4-7-10-13-16-19-22-25-28-31-33-35-37-39-42-45-48-51-54-57-60-63-69(72)75-66-67(65-74-68(71)62-59-56-53-50-47-44-41-38-30-27-24-21-18-15-12-9-6-3)76-70(73)64-61-58-55-52-49-46-43-40-36-34-32-29-26-23-20-17-14-11-8-5-2/h9,12,18,21,27,30-31,33,41,44,50,53,67H,4-8,10-11,13-17,19-20,22-26,28-29,32,34-40,42-43,45-49,51-52,54-66H2,1-3H3/b12-9-,21-18-,30-27-,33-31-,44-41-,53-50-. The van der Waals surface area contributed by atoms with Gasteiger partial charge in [-0.05, 0) is 83.5 Å². The maximum Gasteiger partial charge on any atom is 0.306 e. The Hall–Kier alpha value is -3.15. The van der Waals surface area contributed by atoms with Crippen LogP contribution in [0.15, 0.2) is 72.9 Å². The first kappa shape index (κ1) is 72.8. The summed E-state index contributed by atoms with van der Waals surface area (Å²) in [7, 11) is 0. The third-order valence-electron chi connectivity index (χ3n) is 14.4. The zero-order valence-corrected chi connectivity index (χ0v) is 50.5. The fraction of sp³-hybridized carbons (Fsp3) is 0.786. The summed E-state index contributed by atoms with van der Waals surface area (Å²) in [5, 5.41) is 0. The van der Waals surface area contributed by atoms with Gasteiger partial charge >= 0.3 is 17.9 Å². The molecule has 0 aromatic rings. The van der Waals surface area contributed by atoms with Crippen LogP contribution in [0.5, 0.6) is 0 Å². The lowest BCUT2D eigenvalue weighted by Crippen LogP contribution is -2.30. The summed E-state index contributed by atoms with van der Waals surface area (Å²) in [4.78, 5) is 38.3. The van der Waals surface area contributed by atoms with Gasteiger partial charge < -0.3 is 14.2 Å². The molecule has 0 radical (unpaired) electrons. The van der Waals surface area contributed by atoms with E-state index in [9.17, 15) is 14.4 Å². The molecule has 0 aromatic heterocycles. The van der Waals surface area contributed by atoms with Gasteiger partial charge in [0, 0.05) is 19.3 Å². The molecular weight excluding hydrogens is 937 g/mol. The van der Waals surface area contributed by atoms with Gasteiger partial charge in [-0.25, -0.2) is 0 Å². The van der Waals surface area contributed by atoms with Crippen LogP contribution >= 0.6 is 0 Å². The second-order valence-electron chi connectivity index (χ2n) is 22.0. The third kappa shape index (κ3) is 61.7. The number of hydrogen-bond donors (Lipinski definition) is 0. The Balaban J connectivity index is 4.40. The van der Waals surface area contributed by atoms with Gasteiger partial charge in [0.2, 0.25) is 0 Å². The summed E-state index contributed by atoms with van der Waals surface area (Å²) in [6, 6.07) is 0. The number of esters is 3. The number of hydrogen-bond acceptors (Lipinski definition) is 6. The van der Waals surface area contributed by atoms with Gasteiger partial charge in [0.1, 0.15) is 13.2 Å². The Bertz CT molecular complexity index is 1400. The minimum atomic E-state index is -0.799. The molecule has 0 aliphatic rings. The molecule has 1 unspecified atom stereocenters. The monoisotopic (exact) mass is 1060 g/mol. The lowest BCUT2D eigenvalue weighted by atomic mass is 10.0. The van der Waals surface area contributed by atoms with E-state index in [1.54, 1.807) is 0 Å². The predicted octanol–water partition coefficient (Wildman–Crippen LogP) is 22.5. The molecule has 0 aliphatic carbocycles. The molecule has 0 saturated carbocycles. The largest absolute Gasteiger partial charge is 0.462 e. The molecule has 0 fully saturated rings. The molecule has 6 heteroatoms. The van der Waals surface area contributed by atoms with E-state index in [1.807, 2.05) is 0 Å². The molecule has 0 bridgehead atoms. The number of rotatable bonds is 60. The SMILES string of the molecule is CC/C=C\C/C=C\C/C=C\C/C=C\C/C=C\CCCC(=O)OCC(COC(=O)CCCCCCCCCCC/C=C\CCCCCCCCCC)OC(=O)CCCCCCCCCCCCCCCCCCCCCC. The van der Waals surface area contributed by atoms with Crippen molar-refractivity contribution in [2.45, 2.75) is 341 Å². The van der Waals surface area contributed by atoms with Crippen molar-refractivity contribution >= 4 is 17.9 Å². The molecule has 6 nitrogen and oxygen atoms in total. The molecule has 0 rings (SSSR count). The van der Waals surface area contributed by atoms with Crippen molar-refractivity contribution in [3.63, 3.8) is 0 Å². The van der Waals surface area contributed by atoms with Gasteiger partial charge in [-0.3, -0.25) is 14.4 Å². The second-order valence-corrected chi connectivity index (χ2v) is 22.0. The maximum atomic E-state index is 12.9. The predicted molar refractivity (Wildman–Crippen MR) is 330 cm³/mol. The van der Waals surface area contributed by atoms with Crippen LogP contribution in [0.3, 0.4) is 0 Å². The minimum Gasteiger partial charge on any atom is -0.462 e. The molecule has 0 spiro atoms. The van der Waals surface area contributed by atoms with Crippen molar-refractivity contribution in [3.05, 3.63) is 72.9 Å². The number of ether oxygens (including phenoxy) is 3. The Morgan fingerprint density at radius 3 is 0.868 bits per heavy atom. The zero-order chi connectivity index (χ0) is 55.0. The smallest absolute Gasteiger partial charge is 0.306 e. The molecular formula is C70H124O6.